The summed E-state index contributed by atoms with van der Waals surface area (Å²) < 4.78 is 0. The molecule has 0 aliphatic rings. The lowest BCUT2D eigenvalue weighted by Gasteiger charge is -2.12. The number of aromatic nitrogens is 1. The lowest BCUT2D eigenvalue weighted by molar-refractivity contribution is 0.393. The van der Waals surface area contributed by atoms with Gasteiger partial charge in [-0.3, -0.25) is 4.98 Å². The zero-order valence-corrected chi connectivity index (χ0v) is 8.64. The van der Waals surface area contributed by atoms with Gasteiger partial charge in [0.15, 0.2) is 0 Å². The first kappa shape index (κ1) is 10.7. The molecule has 74 valence electrons. The van der Waals surface area contributed by atoms with Crippen LogP contribution in [0.25, 0.3) is 0 Å². The van der Waals surface area contributed by atoms with E-state index in [-0.39, 0.29) is 5.92 Å². The SMILES string of the molecule is CN(C)CCC(C#N)c1cccnc1. The van der Waals surface area contributed by atoms with Crippen molar-refractivity contribution in [2.75, 3.05) is 20.6 Å². The van der Waals surface area contributed by atoms with E-state index in [9.17, 15) is 0 Å². The van der Waals surface area contributed by atoms with Crippen LogP contribution in [0.3, 0.4) is 0 Å². The van der Waals surface area contributed by atoms with Crippen LogP contribution in [0.2, 0.25) is 0 Å². The molecule has 1 aromatic rings. The molecule has 0 spiro atoms. The monoisotopic (exact) mass is 189 g/mol. The molecular formula is C11H15N3. The van der Waals surface area contributed by atoms with Gasteiger partial charge in [-0.25, -0.2) is 0 Å². The predicted molar refractivity (Wildman–Crippen MR) is 55.8 cm³/mol. The Balaban J connectivity index is 2.60. The van der Waals surface area contributed by atoms with E-state index in [2.05, 4.69) is 16.0 Å². The molecule has 0 fully saturated rings. The Bertz CT molecular complexity index is 300. The maximum Gasteiger partial charge on any atom is 0.0739 e. The smallest absolute Gasteiger partial charge is 0.0739 e. The molecule has 1 aromatic heterocycles. The maximum atomic E-state index is 9.00. The van der Waals surface area contributed by atoms with Crippen molar-refractivity contribution in [1.29, 1.82) is 5.26 Å². The molecule has 0 aliphatic heterocycles. The van der Waals surface area contributed by atoms with Crippen LogP contribution in [0.5, 0.6) is 0 Å². The van der Waals surface area contributed by atoms with Crippen LogP contribution < -0.4 is 0 Å². The number of hydrogen-bond donors (Lipinski definition) is 0. The summed E-state index contributed by atoms with van der Waals surface area (Å²) in [4.78, 5) is 6.10. The average Bonchev–Trinajstić information content (AvgIpc) is 2.20. The van der Waals surface area contributed by atoms with Gasteiger partial charge >= 0.3 is 0 Å². The van der Waals surface area contributed by atoms with Crippen LogP contribution in [0.1, 0.15) is 17.9 Å². The summed E-state index contributed by atoms with van der Waals surface area (Å²) in [6.07, 6.45) is 4.35. The van der Waals surface area contributed by atoms with E-state index in [1.165, 1.54) is 0 Å². The molecule has 0 saturated heterocycles. The molecule has 0 aliphatic carbocycles. The summed E-state index contributed by atoms with van der Waals surface area (Å²) >= 11 is 0. The van der Waals surface area contributed by atoms with Gasteiger partial charge in [0.1, 0.15) is 0 Å². The largest absolute Gasteiger partial charge is 0.309 e. The summed E-state index contributed by atoms with van der Waals surface area (Å²) in [5.41, 5.74) is 1.01. The molecule has 1 rings (SSSR count). The van der Waals surface area contributed by atoms with Gasteiger partial charge in [0, 0.05) is 12.4 Å². The number of pyridine rings is 1. The lowest BCUT2D eigenvalue weighted by Crippen LogP contribution is -2.15. The standard InChI is InChI=1S/C11H15N3/c1-14(2)7-5-10(8-12)11-4-3-6-13-9-11/h3-4,6,9-10H,5,7H2,1-2H3. The fourth-order valence-corrected chi connectivity index (χ4v) is 1.28. The molecule has 0 amide bonds. The number of nitriles is 1. The topological polar surface area (TPSA) is 39.9 Å². The third kappa shape index (κ3) is 3.15. The van der Waals surface area contributed by atoms with Crippen molar-refractivity contribution in [1.82, 2.24) is 9.88 Å². The summed E-state index contributed by atoms with van der Waals surface area (Å²) in [7, 11) is 4.02. The molecule has 0 bridgehead atoms. The van der Waals surface area contributed by atoms with Gasteiger partial charge < -0.3 is 4.90 Å². The van der Waals surface area contributed by atoms with Crippen molar-refractivity contribution in [3.63, 3.8) is 0 Å². The van der Waals surface area contributed by atoms with Crippen molar-refractivity contribution >= 4 is 0 Å². The Morgan fingerprint density at radius 1 is 1.57 bits per heavy atom. The van der Waals surface area contributed by atoms with E-state index in [1.807, 2.05) is 26.2 Å². The molecule has 14 heavy (non-hydrogen) atoms. The Morgan fingerprint density at radius 3 is 2.86 bits per heavy atom. The van der Waals surface area contributed by atoms with Gasteiger partial charge in [-0.05, 0) is 38.7 Å². The fourth-order valence-electron chi connectivity index (χ4n) is 1.28. The Labute approximate surface area is 85.0 Å². The van der Waals surface area contributed by atoms with Gasteiger partial charge in [-0.2, -0.15) is 5.26 Å². The summed E-state index contributed by atoms with van der Waals surface area (Å²) in [6, 6.07) is 6.13. The first-order valence-electron chi connectivity index (χ1n) is 4.68. The van der Waals surface area contributed by atoms with E-state index >= 15 is 0 Å². The number of rotatable bonds is 4. The van der Waals surface area contributed by atoms with E-state index < -0.39 is 0 Å². The summed E-state index contributed by atoms with van der Waals surface area (Å²) in [5.74, 6) is -0.0360. The van der Waals surface area contributed by atoms with Crippen LogP contribution in [0.4, 0.5) is 0 Å². The number of hydrogen-bond acceptors (Lipinski definition) is 3. The summed E-state index contributed by atoms with van der Waals surface area (Å²) in [5, 5.41) is 9.00. The second-order valence-corrected chi connectivity index (χ2v) is 3.56. The predicted octanol–water partition coefficient (Wildman–Crippen LogP) is 1.64. The third-order valence-corrected chi connectivity index (χ3v) is 2.11. The Hall–Kier alpha value is -1.40. The molecule has 1 heterocycles. The van der Waals surface area contributed by atoms with Crippen molar-refractivity contribution < 1.29 is 0 Å². The number of nitrogens with zero attached hydrogens (tertiary/aromatic N) is 3. The summed E-state index contributed by atoms with van der Waals surface area (Å²) in [6.45, 7) is 0.924. The minimum atomic E-state index is -0.0360. The van der Waals surface area contributed by atoms with Gasteiger partial charge in [0.2, 0.25) is 0 Å². The molecule has 0 radical (unpaired) electrons. The highest BCUT2D eigenvalue weighted by atomic mass is 15.0. The normalized spacial score (nSPS) is 12.4. The van der Waals surface area contributed by atoms with E-state index in [0.29, 0.717) is 0 Å². The second-order valence-electron chi connectivity index (χ2n) is 3.56. The van der Waals surface area contributed by atoms with Crippen LogP contribution in [-0.4, -0.2) is 30.5 Å². The van der Waals surface area contributed by atoms with Crippen molar-refractivity contribution in [3.8, 4) is 6.07 Å². The molecule has 0 aromatic carbocycles. The van der Waals surface area contributed by atoms with E-state index in [4.69, 9.17) is 5.26 Å². The van der Waals surface area contributed by atoms with Crippen LogP contribution >= 0.6 is 0 Å². The zero-order valence-electron chi connectivity index (χ0n) is 8.64. The van der Waals surface area contributed by atoms with E-state index in [0.717, 1.165) is 18.5 Å². The maximum absolute atomic E-state index is 9.00. The van der Waals surface area contributed by atoms with Gasteiger partial charge in [-0.1, -0.05) is 6.07 Å². The fraction of sp³-hybridized carbons (Fsp3) is 0.455. The van der Waals surface area contributed by atoms with Gasteiger partial charge in [0.25, 0.3) is 0 Å². The molecular weight excluding hydrogens is 174 g/mol. The lowest BCUT2D eigenvalue weighted by atomic mass is 9.99. The zero-order chi connectivity index (χ0) is 10.4. The van der Waals surface area contributed by atoms with Crippen LogP contribution in [0, 0.1) is 11.3 Å². The minimum Gasteiger partial charge on any atom is -0.309 e. The van der Waals surface area contributed by atoms with Crippen molar-refractivity contribution in [2.24, 2.45) is 0 Å². The molecule has 1 atom stereocenters. The molecule has 3 heteroatoms. The highest BCUT2D eigenvalue weighted by molar-refractivity contribution is 5.20. The first-order valence-corrected chi connectivity index (χ1v) is 4.68. The van der Waals surface area contributed by atoms with Crippen LogP contribution in [-0.2, 0) is 0 Å². The minimum absolute atomic E-state index is 0.0360. The molecule has 0 N–H and O–H groups in total. The molecule has 1 unspecified atom stereocenters. The molecule has 3 nitrogen and oxygen atoms in total. The Morgan fingerprint density at radius 2 is 2.36 bits per heavy atom. The average molecular weight is 189 g/mol. The highest BCUT2D eigenvalue weighted by Crippen LogP contribution is 2.17. The van der Waals surface area contributed by atoms with Gasteiger partial charge in [0.05, 0.1) is 12.0 Å². The van der Waals surface area contributed by atoms with Crippen LogP contribution in [0.15, 0.2) is 24.5 Å². The van der Waals surface area contributed by atoms with E-state index in [1.54, 1.807) is 12.4 Å². The third-order valence-electron chi connectivity index (χ3n) is 2.11. The Kier molecular flexibility index (Phi) is 4.09. The molecule has 0 saturated carbocycles. The quantitative estimate of drug-likeness (QED) is 0.723. The first-order chi connectivity index (χ1) is 6.74. The van der Waals surface area contributed by atoms with Gasteiger partial charge in [-0.15, -0.1) is 0 Å². The second kappa shape index (κ2) is 5.36. The van der Waals surface area contributed by atoms with Crippen molar-refractivity contribution in [2.45, 2.75) is 12.3 Å². The van der Waals surface area contributed by atoms with Crippen molar-refractivity contribution in [3.05, 3.63) is 30.1 Å². The highest BCUT2D eigenvalue weighted by Gasteiger charge is 2.10.